The molecule has 0 aliphatic rings. The van der Waals surface area contributed by atoms with Crippen molar-refractivity contribution in [2.24, 2.45) is 5.92 Å². The standard InChI is InChI=1S/C13H16F3NO/c1-3-9(2)7-12(18)17-11-6-4-5-10(8-11)13(14,15)16/h4-6,8-9H,3,7H2,1-2H3,(H,17,18). The average molecular weight is 259 g/mol. The second kappa shape index (κ2) is 5.89. The fraction of sp³-hybridized carbons (Fsp3) is 0.462. The molecule has 1 rings (SSSR count). The summed E-state index contributed by atoms with van der Waals surface area (Å²) in [4.78, 5) is 11.6. The van der Waals surface area contributed by atoms with Crippen LogP contribution in [0.15, 0.2) is 24.3 Å². The van der Waals surface area contributed by atoms with Crippen LogP contribution in [0.25, 0.3) is 0 Å². The van der Waals surface area contributed by atoms with Crippen molar-refractivity contribution < 1.29 is 18.0 Å². The van der Waals surface area contributed by atoms with Gasteiger partial charge in [-0.25, -0.2) is 0 Å². The molecular formula is C13H16F3NO. The first-order chi connectivity index (χ1) is 8.32. The normalized spacial score (nSPS) is 13.2. The summed E-state index contributed by atoms with van der Waals surface area (Å²) in [6.07, 6.45) is -3.22. The molecule has 18 heavy (non-hydrogen) atoms. The van der Waals surface area contributed by atoms with Crippen molar-refractivity contribution in [1.82, 2.24) is 0 Å². The van der Waals surface area contributed by atoms with E-state index in [9.17, 15) is 18.0 Å². The molecule has 2 nitrogen and oxygen atoms in total. The molecule has 0 heterocycles. The smallest absolute Gasteiger partial charge is 0.326 e. The molecule has 1 amide bonds. The number of carbonyl (C=O) groups excluding carboxylic acids is 1. The van der Waals surface area contributed by atoms with Crippen LogP contribution in [0.1, 0.15) is 32.3 Å². The number of hydrogen-bond acceptors (Lipinski definition) is 1. The first-order valence-electron chi connectivity index (χ1n) is 5.80. The van der Waals surface area contributed by atoms with Gasteiger partial charge in [-0.3, -0.25) is 4.79 Å². The van der Waals surface area contributed by atoms with E-state index in [1.807, 2.05) is 13.8 Å². The zero-order valence-corrected chi connectivity index (χ0v) is 10.3. The van der Waals surface area contributed by atoms with Crippen LogP contribution >= 0.6 is 0 Å². The summed E-state index contributed by atoms with van der Waals surface area (Å²) < 4.78 is 37.4. The van der Waals surface area contributed by atoms with E-state index in [1.165, 1.54) is 12.1 Å². The van der Waals surface area contributed by atoms with E-state index in [-0.39, 0.29) is 17.5 Å². The van der Waals surface area contributed by atoms with Crippen molar-refractivity contribution >= 4 is 11.6 Å². The maximum atomic E-state index is 12.5. The van der Waals surface area contributed by atoms with E-state index in [2.05, 4.69) is 5.32 Å². The van der Waals surface area contributed by atoms with Gasteiger partial charge in [-0.2, -0.15) is 13.2 Å². The topological polar surface area (TPSA) is 29.1 Å². The summed E-state index contributed by atoms with van der Waals surface area (Å²) in [6.45, 7) is 3.88. The molecule has 0 radical (unpaired) electrons. The second-order valence-electron chi connectivity index (χ2n) is 4.34. The van der Waals surface area contributed by atoms with Crippen LogP contribution in [0.5, 0.6) is 0 Å². The van der Waals surface area contributed by atoms with Crippen molar-refractivity contribution in [2.75, 3.05) is 5.32 Å². The average Bonchev–Trinajstić information content (AvgIpc) is 2.27. The minimum absolute atomic E-state index is 0.179. The third-order valence-electron chi connectivity index (χ3n) is 2.70. The molecule has 0 spiro atoms. The Labute approximate surface area is 104 Å². The molecule has 1 N–H and O–H groups in total. The van der Waals surface area contributed by atoms with E-state index in [4.69, 9.17) is 0 Å². The summed E-state index contributed by atoms with van der Waals surface area (Å²) in [5.41, 5.74) is -0.582. The van der Waals surface area contributed by atoms with Crippen molar-refractivity contribution in [3.8, 4) is 0 Å². The Morgan fingerprint density at radius 1 is 1.39 bits per heavy atom. The third kappa shape index (κ3) is 4.39. The SMILES string of the molecule is CCC(C)CC(=O)Nc1cccc(C(F)(F)F)c1. The van der Waals surface area contributed by atoms with Crippen LogP contribution in [0, 0.1) is 5.92 Å². The third-order valence-corrected chi connectivity index (χ3v) is 2.70. The molecule has 1 aromatic carbocycles. The van der Waals surface area contributed by atoms with Gasteiger partial charge in [-0.05, 0) is 24.1 Å². The zero-order valence-electron chi connectivity index (χ0n) is 10.3. The van der Waals surface area contributed by atoms with E-state index < -0.39 is 11.7 Å². The van der Waals surface area contributed by atoms with Gasteiger partial charge in [0.1, 0.15) is 0 Å². The molecule has 0 bridgehead atoms. The number of nitrogens with one attached hydrogen (secondary N) is 1. The van der Waals surface area contributed by atoms with E-state index >= 15 is 0 Å². The van der Waals surface area contributed by atoms with Gasteiger partial charge in [0.05, 0.1) is 5.56 Å². The molecule has 1 unspecified atom stereocenters. The molecule has 100 valence electrons. The minimum Gasteiger partial charge on any atom is -0.326 e. The van der Waals surface area contributed by atoms with Gasteiger partial charge >= 0.3 is 6.18 Å². The summed E-state index contributed by atoms with van der Waals surface area (Å²) in [5, 5.41) is 2.48. The number of carbonyl (C=O) groups is 1. The lowest BCUT2D eigenvalue weighted by Gasteiger charge is -2.11. The number of amides is 1. The van der Waals surface area contributed by atoms with Gasteiger partial charge in [-0.1, -0.05) is 26.3 Å². The predicted octanol–water partition coefficient (Wildman–Crippen LogP) is 4.08. The fourth-order valence-electron chi connectivity index (χ4n) is 1.45. The van der Waals surface area contributed by atoms with Gasteiger partial charge in [0.25, 0.3) is 0 Å². The van der Waals surface area contributed by atoms with Crippen LogP contribution in [0.3, 0.4) is 0 Å². The quantitative estimate of drug-likeness (QED) is 0.867. The van der Waals surface area contributed by atoms with Gasteiger partial charge < -0.3 is 5.32 Å². The predicted molar refractivity (Wildman–Crippen MR) is 64.1 cm³/mol. The molecular weight excluding hydrogens is 243 g/mol. The van der Waals surface area contributed by atoms with Crippen molar-refractivity contribution in [2.45, 2.75) is 32.9 Å². The van der Waals surface area contributed by atoms with Gasteiger partial charge in [0.15, 0.2) is 0 Å². The largest absolute Gasteiger partial charge is 0.416 e. The van der Waals surface area contributed by atoms with Gasteiger partial charge in [-0.15, -0.1) is 0 Å². The number of hydrogen-bond donors (Lipinski definition) is 1. The number of rotatable bonds is 4. The lowest BCUT2D eigenvalue weighted by atomic mass is 10.0. The highest BCUT2D eigenvalue weighted by Gasteiger charge is 2.30. The lowest BCUT2D eigenvalue weighted by Crippen LogP contribution is -2.15. The van der Waals surface area contributed by atoms with Crippen LogP contribution in [0.2, 0.25) is 0 Å². The highest BCUT2D eigenvalue weighted by atomic mass is 19.4. The maximum absolute atomic E-state index is 12.5. The Morgan fingerprint density at radius 3 is 2.61 bits per heavy atom. The fourth-order valence-corrected chi connectivity index (χ4v) is 1.45. The number of halogens is 3. The highest BCUT2D eigenvalue weighted by molar-refractivity contribution is 5.90. The van der Waals surface area contributed by atoms with Gasteiger partial charge in [0.2, 0.25) is 5.91 Å². The van der Waals surface area contributed by atoms with E-state index in [1.54, 1.807) is 0 Å². The summed E-state index contributed by atoms with van der Waals surface area (Å²) in [6, 6.07) is 4.64. The van der Waals surface area contributed by atoms with Crippen LogP contribution in [0.4, 0.5) is 18.9 Å². The molecule has 0 aliphatic carbocycles. The number of benzene rings is 1. The van der Waals surface area contributed by atoms with Crippen LogP contribution in [-0.2, 0) is 11.0 Å². The molecule has 0 fully saturated rings. The Balaban J connectivity index is 2.71. The number of anilines is 1. The van der Waals surface area contributed by atoms with Crippen molar-refractivity contribution in [1.29, 1.82) is 0 Å². The molecule has 1 aromatic rings. The lowest BCUT2D eigenvalue weighted by molar-refractivity contribution is -0.137. The Morgan fingerprint density at radius 2 is 2.06 bits per heavy atom. The summed E-state index contributed by atoms with van der Waals surface area (Å²) in [7, 11) is 0. The van der Waals surface area contributed by atoms with E-state index in [0.29, 0.717) is 6.42 Å². The highest BCUT2D eigenvalue weighted by Crippen LogP contribution is 2.30. The van der Waals surface area contributed by atoms with E-state index in [0.717, 1.165) is 18.6 Å². The molecule has 0 saturated heterocycles. The maximum Gasteiger partial charge on any atom is 0.416 e. The Hall–Kier alpha value is -1.52. The molecule has 1 atom stereocenters. The zero-order chi connectivity index (χ0) is 13.8. The molecule has 5 heteroatoms. The Kier molecular flexibility index (Phi) is 4.76. The Bertz CT molecular complexity index is 415. The molecule has 0 aliphatic heterocycles. The summed E-state index contributed by atoms with van der Waals surface area (Å²) in [5.74, 6) is -0.0422. The summed E-state index contributed by atoms with van der Waals surface area (Å²) >= 11 is 0. The van der Waals surface area contributed by atoms with Crippen molar-refractivity contribution in [3.05, 3.63) is 29.8 Å². The molecule has 0 saturated carbocycles. The number of alkyl halides is 3. The minimum atomic E-state index is -4.39. The van der Waals surface area contributed by atoms with Gasteiger partial charge in [0, 0.05) is 12.1 Å². The van der Waals surface area contributed by atoms with Crippen molar-refractivity contribution in [3.63, 3.8) is 0 Å². The van der Waals surface area contributed by atoms with Crippen LogP contribution < -0.4 is 5.32 Å². The van der Waals surface area contributed by atoms with Crippen LogP contribution in [-0.4, -0.2) is 5.91 Å². The molecule has 0 aromatic heterocycles. The first-order valence-corrected chi connectivity index (χ1v) is 5.80. The first kappa shape index (κ1) is 14.5. The monoisotopic (exact) mass is 259 g/mol. The second-order valence-corrected chi connectivity index (χ2v) is 4.34.